The largest absolute Gasteiger partial charge is 0.339 e. The molecule has 0 bridgehead atoms. The summed E-state index contributed by atoms with van der Waals surface area (Å²) in [6, 6.07) is 0.465. The number of nitrogens with one attached hydrogen (secondary N) is 1. The van der Waals surface area contributed by atoms with E-state index >= 15 is 0 Å². The fraction of sp³-hybridized carbons (Fsp3) is 0.750. The average molecular weight is 292 g/mol. The molecule has 0 radical (unpaired) electrons. The molecule has 5 nitrogen and oxygen atoms in total. The topological polar surface area (TPSA) is 50.2 Å². The molecule has 1 saturated carbocycles. The van der Waals surface area contributed by atoms with Crippen molar-refractivity contribution in [2.45, 2.75) is 58.5 Å². The number of amides is 1. The first kappa shape index (κ1) is 16.0. The molecular weight excluding hydrogens is 264 g/mol. The van der Waals surface area contributed by atoms with Gasteiger partial charge in [0.2, 0.25) is 5.91 Å². The Morgan fingerprint density at radius 1 is 1.43 bits per heavy atom. The van der Waals surface area contributed by atoms with Crippen molar-refractivity contribution in [1.82, 2.24) is 20.0 Å². The van der Waals surface area contributed by atoms with Crippen LogP contribution in [0.15, 0.2) is 12.4 Å². The van der Waals surface area contributed by atoms with E-state index in [1.807, 2.05) is 24.0 Å². The van der Waals surface area contributed by atoms with Gasteiger partial charge in [-0.2, -0.15) is 5.10 Å². The molecule has 1 aromatic heterocycles. The molecule has 1 heterocycles. The number of rotatable bonds is 7. The van der Waals surface area contributed by atoms with Gasteiger partial charge in [-0.15, -0.1) is 0 Å². The van der Waals surface area contributed by atoms with E-state index in [0.29, 0.717) is 12.6 Å². The molecule has 1 aliphatic carbocycles. The summed E-state index contributed by atoms with van der Waals surface area (Å²) in [5, 5.41) is 7.48. The Balaban J connectivity index is 1.69. The van der Waals surface area contributed by atoms with Gasteiger partial charge in [0, 0.05) is 25.3 Å². The van der Waals surface area contributed by atoms with Crippen molar-refractivity contribution in [3.63, 3.8) is 0 Å². The number of hydrogen-bond acceptors (Lipinski definition) is 3. The van der Waals surface area contributed by atoms with Crippen LogP contribution < -0.4 is 5.32 Å². The molecule has 2 rings (SSSR count). The van der Waals surface area contributed by atoms with Gasteiger partial charge in [-0.05, 0) is 32.3 Å². The Labute approximate surface area is 127 Å². The van der Waals surface area contributed by atoms with Crippen LogP contribution in [0.4, 0.5) is 0 Å². The van der Waals surface area contributed by atoms with E-state index in [0.717, 1.165) is 19.6 Å². The summed E-state index contributed by atoms with van der Waals surface area (Å²) in [7, 11) is 0. The third kappa shape index (κ3) is 4.84. The first-order valence-electron chi connectivity index (χ1n) is 8.20. The highest BCUT2D eigenvalue weighted by Gasteiger charge is 2.23. The quantitative estimate of drug-likeness (QED) is 0.782. The molecule has 5 heteroatoms. The van der Waals surface area contributed by atoms with Crippen LogP contribution in [0.5, 0.6) is 0 Å². The molecule has 1 aromatic rings. The van der Waals surface area contributed by atoms with Crippen molar-refractivity contribution in [3.05, 3.63) is 18.0 Å². The molecule has 1 fully saturated rings. The smallest absolute Gasteiger partial charge is 0.236 e. The average Bonchev–Trinajstić information content (AvgIpc) is 2.91. The van der Waals surface area contributed by atoms with Gasteiger partial charge in [-0.1, -0.05) is 19.3 Å². The predicted octanol–water partition coefficient (Wildman–Crippen LogP) is 1.96. The van der Waals surface area contributed by atoms with Crippen LogP contribution in [0, 0.1) is 6.92 Å². The fourth-order valence-corrected chi connectivity index (χ4v) is 3.11. The lowest BCUT2D eigenvalue weighted by atomic mass is 9.94. The van der Waals surface area contributed by atoms with E-state index < -0.39 is 0 Å². The number of aromatic nitrogens is 2. The Morgan fingerprint density at radius 2 is 2.19 bits per heavy atom. The van der Waals surface area contributed by atoms with Crippen molar-refractivity contribution in [2.24, 2.45) is 0 Å². The molecular formula is C16H28N4O. The molecule has 1 N–H and O–H groups in total. The first-order valence-corrected chi connectivity index (χ1v) is 8.20. The number of carbonyl (C=O) groups is 1. The zero-order valence-corrected chi connectivity index (χ0v) is 13.3. The van der Waals surface area contributed by atoms with Crippen LogP contribution in [0.3, 0.4) is 0 Å². The number of aryl methyl sites for hydroxylation is 1. The fourth-order valence-electron chi connectivity index (χ4n) is 3.11. The summed E-state index contributed by atoms with van der Waals surface area (Å²) in [5.41, 5.74) is 1.17. The number of carbonyl (C=O) groups excluding carboxylic acids is 1. The van der Waals surface area contributed by atoms with Crippen LogP contribution in [-0.4, -0.2) is 46.3 Å². The minimum Gasteiger partial charge on any atom is -0.339 e. The Kier molecular flexibility index (Phi) is 6.23. The zero-order valence-electron chi connectivity index (χ0n) is 13.3. The molecule has 1 amide bonds. The molecule has 21 heavy (non-hydrogen) atoms. The SMILES string of the molecule is CCN(C(=O)CNCCn1cc(C)cn1)C1CCCCC1. The van der Waals surface area contributed by atoms with Gasteiger partial charge in [0.15, 0.2) is 0 Å². The highest BCUT2D eigenvalue weighted by atomic mass is 16.2. The van der Waals surface area contributed by atoms with Crippen LogP contribution >= 0.6 is 0 Å². The second kappa shape index (κ2) is 8.17. The Hall–Kier alpha value is -1.36. The second-order valence-corrected chi connectivity index (χ2v) is 5.93. The van der Waals surface area contributed by atoms with E-state index in [9.17, 15) is 4.79 Å². The third-order valence-corrected chi connectivity index (χ3v) is 4.23. The maximum Gasteiger partial charge on any atom is 0.236 e. The van der Waals surface area contributed by atoms with Crippen LogP contribution in [0.2, 0.25) is 0 Å². The van der Waals surface area contributed by atoms with Crippen molar-refractivity contribution in [2.75, 3.05) is 19.6 Å². The van der Waals surface area contributed by atoms with Crippen LogP contribution in [-0.2, 0) is 11.3 Å². The molecule has 118 valence electrons. The standard InChI is InChI=1S/C16H28N4O/c1-3-20(15-7-5-4-6-8-15)16(21)12-17-9-10-19-13-14(2)11-18-19/h11,13,15,17H,3-10,12H2,1-2H3. The third-order valence-electron chi connectivity index (χ3n) is 4.23. The zero-order chi connectivity index (χ0) is 15.1. The summed E-state index contributed by atoms with van der Waals surface area (Å²) in [6.07, 6.45) is 10.1. The Bertz CT molecular complexity index is 437. The van der Waals surface area contributed by atoms with E-state index in [-0.39, 0.29) is 5.91 Å². The summed E-state index contributed by atoms with van der Waals surface area (Å²) in [4.78, 5) is 14.4. The van der Waals surface area contributed by atoms with E-state index in [1.54, 1.807) is 0 Å². The number of nitrogens with zero attached hydrogens (tertiary/aromatic N) is 3. The van der Waals surface area contributed by atoms with Gasteiger partial charge in [-0.3, -0.25) is 9.48 Å². The summed E-state index contributed by atoms with van der Waals surface area (Å²) < 4.78 is 1.91. The van der Waals surface area contributed by atoms with E-state index in [4.69, 9.17) is 0 Å². The molecule has 1 aliphatic rings. The van der Waals surface area contributed by atoms with Gasteiger partial charge >= 0.3 is 0 Å². The lowest BCUT2D eigenvalue weighted by molar-refractivity contribution is -0.133. The maximum absolute atomic E-state index is 12.3. The molecule has 0 aliphatic heterocycles. The minimum atomic E-state index is 0.237. The predicted molar refractivity (Wildman–Crippen MR) is 84.1 cm³/mol. The number of hydrogen-bond donors (Lipinski definition) is 1. The normalized spacial score (nSPS) is 16.1. The highest BCUT2D eigenvalue weighted by Crippen LogP contribution is 2.22. The van der Waals surface area contributed by atoms with Crippen molar-refractivity contribution < 1.29 is 4.79 Å². The van der Waals surface area contributed by atoms with E-state index in [1.165, 1.54) is 37.7 Å². The maximum atomic E-state index is 12.3. The van der Waals surface area contributed by atoms with Gasteiger partial charge in [0.05, 0.1) is 19.3 Å². The molecule has 0 spiro atoms. The molecule has 0 saturated heterocycles. The van der Waals surface area contributed by atoms with Gasteiger partial charge in [0.1, 0.15) is 0 Å². The molecule has 0 unspecified atom stereocenters. The van der Waals surface area contributed by atoms with Gasteiger partial charge < -0.3 is 10.2 Å². The first-order chi connectivity index (χ1) is 10.2. The lowest BCUT2D eigenvalue weighted by Gasteiger charge is -2.33. The van der Waals surface area contributed by atoms with Crippen LogP contribution in [0.25, 0.3) is 0 Å². The van der Waals surface area contributed by atoms with Crippen molar-refractivity contribution >= 4 is 5.91 Å². The second-order valence-electron chi connectivity index (χ2n) is 5.93. The van der Waals surface area contributed by atoms with Crippen LogP contribution in [0.1, 0.15) is 44.6 Å². The molecule has 0 atom stereocenters. The van der Waals surface area contributed by atoms with Gasteiger partial charge in [-0.25, -0.2) is 0 Å². The summed E-state index contributed by atoms with van der Waals surface area (Å²) in [5.74, 6) is 0.237. The lowest BCUT2D eigenvalue weighted by Crippen LogP contribution is -2.45. The van der Waals surface area contributed by atoms with Crippen molar-refractivity contribution in [3.8, 4) is 0 Å². The van der Waals surface area contributed by atoms with Crippen molar-refractivity contribution in [1.29, 1.82) is 0 Å². The monoisotopic (exact) mass is 292 g/mol. The summed E-state index contributed by atoms with van der Waals surface area (Å²) >= 11 is 0. The molecule has 0 aromatic carbocycles. The number of likely N-dealkylation sites (N-methyl/N-ethyl adjacent to an activating group) is 1. The Morgan fingerprint density at radius 3 is 2.81 bits per heavy atom. The summed E-state index contributed by atoms with van der Waals surface area (Å²) in [6.45, 7) is 6.95. The highest BCUT2D eigenvalue weighted by molar-refractivity contribution is 5.78. The minimum absolute atomic E-state index is 0.237. The van der Waals surface area contributed by atoms with Gasteiger partial charge in [0.25, 0.3) is 0 Å². The van der Waals surface area contributed by atoms with E-state index in [2.05, 4.69) is 22.2 Å².